The van der Waals surface area contributed by atoms with Gasteiger partial charge in [-0.2, -0.15) is 0 Å². The summed E-state index contributed by atoms with van der Waals surface area (Å²) in [6, 6.07) is 15.5. The van der Waals surface area contributed by atoms with Crippen molar-refractivity contribution in [3.63, 3.8) is 0 Å². The third-order valence-electron chi connectivity index (χ3n) is 4.43. The maximum Gasteiger partial charge on any atom is 0.333 e. The Bertz CT molecular complexity index is 952. The summed E-state index contributed by atoms with van der Waals surface area (Å²) >= 11 is 0. The molecule has 26 heavy (non-hydrogen) atoms. The topological polar surface area (TPSA) is 53.2 Å². The quantitative estimate of drug-likeness (QED) is 0.480. The van der Waals surface area contributed by atoms with Crippen molar-refractivity contribution >= 4 is 17.0 Å². The van der Waals surface area contributed by atoms with Gasteiger partial charge in [-0.15, -0.1) is 0 Å². The van der Waals surface area contributed by atoms with Gasteiger partial charge in [-0.05, 0) is 37.6 Å². The van der Waals surface area contributed by atoms with E-state index in [2.05, 4.69) is 0 Å². The molecule has 0 atom stereocenters. The van der Waals surface area contributed by atoms with E-state index in [1.807, 2.05) is 62.4 Å². The molecule has 3 aromatic rings. The Labute approximate surface area is 152 Å². The zero-order chi connectivity index (χ0) is 18.5. The molecular formula is C21H24N2O3. The molecule has 0 spiro atoms. The van der Waals surface area contributed by atoms with Crippen molar-refractivity contribution in [3.8, 4) is 5.69 Å². The Morgan fingerprint density at radius 3 is 2.42 bits per heavy atom. The summed E-state index contributed by atoms with van der Waals surface area (Å²) < 4.78 is 8.54. The van der Waals surface area contributed by atoms with Crippen molar-refractivity contribution in [3.05, 3.63) is 64.6 Å². The van der Waals surface area contributed by atoms with Gasteiger partial charge in [0.2, 0.25) is 0 Å². The van der Waals surface area contributed by atoms with Crippen LogP contribution in [0.1, 0.15) is 31.7 Å². The number of rotatable bonds is 7. The van der Waals surface area contributed by atoms with Crippen molar-refractivity contribution in [1.82, 2.24) is 9.13 Å². The van der Waals surface area contributed by atoms with Crippen molar-refractivity contribution in [2.24, 2.45) is 0 Å². The van der Waals surface area contributed by atoms with Gasteiger partial charge in [0, 0.05) is 6.54 Å². The number of benzene rings is 2. The Morgan fingerprint density at radius 2 is 1.73 bits per heavy atom. The van der Waals surface area contributed by atoms with Gasteiger partial charge in [-0.1, -0.05) is 43.2 Å². The predicted octanol–water partition coefficient (Wildman–Crippen LogP) is 3.83. The molecule has 0 unspecified atom stereocenters. The van der Waals surface area contributed by atoms with E-state index in [4.69, 9.17) is 4.74 Å². The number of carbonyl (C=O) groups is 1. The number of esters is 1. The van der Waals surface area contributed by atoms with Gasteiger partial charge in [0.25, 0.3) is 0 Å². The molecule has 5 heteroatoms. The van der Waals surface area contributed by atoms with Crippen LogP contribution in [-0.4, -0.2) is 21.7 Å². The highest BCUT2D eigenvalue weighted by Crippen LogP contribution is 2.18. The summed E-state index contributed by atoms with van der Waals surface area (Å²) in [5.41, 5.74) is 3.47. The second-order valence-electron chi connectivity index (χ2n) is 6.42. The second-order valence-corrected chi connectivity index (χ2v) is 6.42. The summed E-state index contributed by atoms with van der Waals surface area (Å²) in [6.45, 7) is 4.81. The molecule has 3 rings (SSSR count). The third-order valence-corrected chi connectivity index (χ3v) is 4.43. The van der Waals surface area contributed by atoms with Crippen LogP contribution in [0.4, 0.5) is 0 Å². The van der Waals surface area contributed by atoms with Crippen molar-refractivity contribution in [2.75, 3.05) is 6.61 Å². The van der Waals surface area contributed by atoms with E-state index >= 15 is 0 Å². The molecule has 1 aromatic heterocycles. The largest absolute Gasteiger partial charge is 0.466 e. The van der Waals surface area contributed by atoms with E-state index in [0.29, 0.717) is 13.2 Å². The zero-order valence-corrected chi connectivity index (χ0v) is 15.3. The fourth-order valence-corrected chi connectivity index (χ4v) is 2.97. The summed E-state index contributed by atoms with van der Waals surface area (Å²) in [6.07, 6.45) is 2.03. The number of aryl methyl sites for hydroxylation is 2. The first kappa shape index (κ1) is 18.0. The molecule has 0 bridgehead atoms. The van der Waals surface area contributed by atoms with Crippen LogP contribution >= 0.6 is 0 Å². The lowest BCUT2D eigenvalue weighted by Crippen LogP contribution is -2.24. The average molecular weight is 352 g/mol. The Kier molecular flexibility index (Phi) is 5.56. The molecule has 0 saturated carbocycles. The van der Waals surface area contributed by atoms with Crippen LogP contribution in [0.15, 0.2) is 53.3 Å². The Morgan fingerprint density at radius 1 is 1.04 bits per heavy atom. The number of carbonyl (C=O) groups excluding carboxylic acids is 1. The van der Waals surface area contributed by atoms with Gasteiger partial charge in [-0.3, -0.25) is 13.9 Å². The van der Waals surface area contributed by atoms with Crippen LogP contribution in [-0.2, 0) is 16.1 Å². The number of fused-ring (bicyclic) bond motifs is 1. The highest BCUT2D eigenvalue weighted by Gasteiger charge is 2.15. The summed E-state index contributed by atoms with van der Waals surface area (Å²) in [7, 11) is 0. The monoisotopic (exact) mass is 352 g/mol. The van der Waals surface area contributed by atoms with Crippen LogP contribution < -0.4 is 5.69 Å². The van der Waals surface area contributed by atoms with Crippen molar-refractivity contribution in [1.29, 1.82) is 0 Å². The lowest BCUT2D eigenvalue weighted by Gasteiger charge is -2.05. The summed E-state index contributed by atoms with van der Waals surface area (Å²) in [4.78, 5) is 24.9. The second kappa shape index (κ2) is 8.04. The molecule has 0 N–H and O–H groups in total. The third kappa shape index (κ3) is 3.72. The number of hydrogen-bond acceptors (Lipinski definition) is 3. The SMILES string of the molecule is CCCCOC(=O)CCn1c(=O)n(-c2ccc(C)cc2)c2ccccc21. The number of imidazole rings is 1. The van der Waals surface area contributed by atoms with E-state index in [-0.39, 0.29) is 18.1 Å². The number of unbranched alkanes of at least 4 members (excludes halogenated alkanes) is 1. The molecule has 0 aliphatic carbocycles. The molecule has 0 aliphatic heterocycles. The molecule has 5 nitrogen and oxygen atoms in total. The molecule has 0 radical (unpaired) electrons. The van der Waals surface area contributed by atoms with Gasteiger partial charge >= 0.3 is 11.7 Å². The number of ether oxygens (including phenoxy) is 1. The van der Waals surface area contributed by atoms with Gasteiger partial charge in [-0.25, -0.2) is 4.79 Å². The Balaban J connectivity index is 1.92. The average Bonchev–Trinajstić information content (AvgIpc) is 2.92. The van der Waals surface area contributed by atoms with Gasteiger partial charge < -0.3 is 4.74 Å². The first-order chi connectivity index (χ1) is 12.6. The molecule has 1 heterocycles. The first-order valence-corrected chi connectivity index (χ1v) is 9.04. The number of aromatic nitrogens is 2. The van der Waals surface area contributed by atoms with E-state index in [0.717, 1.165) is 35.1 Å². The number of nitrogens with zero attached hydrogens (tertiary/aromatic N) is 2. The molecule has 0 saturated heterocycles. The molecule has 0 aliphatic rings. The molecule has 0 amide bonds. The fourth-order valence-electron chi connectivity index (χ4n) is 2.97. The van der Waals surface area contributed by atoms with Crippen molar-refractivity contribution < 1.29 is 9.53 Å². The summed E-state index contributed by atoms with van der Waals surface area (Å²) in [5, 5.41) is 0. The highest BCUT2D eigenvalue weighted by molar-refractivity contribution is 5.78. The number of para-hydroxylation sites is 2. The van der Waals surface area contributed by atoms with Gasteiger partial charge in [0.1, 0.15) is 0 Å². The minimum Gasteiger partial charge on any atom is -0.466 e. The predicted molar refractivity (Wildman–Crippen MR) is 103 cm³/mol. The fraction of sp³-hybridized carbons (Fsp3) is 0.333. The lowest BCUT2D eigenvalue weighted by molar-refractivity contribution is -0.144. The lowest BCUT2D eigenvalue weighted by atomic mass is 10.2. The normalized spacial score (nSPS) is 11.0. The molecule has 136 valence electrons. The van der Waals surface area contributed by atoms with Crippen LogP contribution in [0.2, 0.25) is 0 Å². The van der Waals surface area contributed by atoms with E-state index < -0.39 is 0 Å². The maximum absolute atomic E-state index is 13.0. The maximum atomic E-state index is 13.0. The van der Waals surface area contributed by atoms with E-state index in [1.165, 1.54) is 0 Å². The molecule has 2 aromatic carbocycles. The van der Waals surface area contributed by atoms with Crippen LogP contribution in [0.25, 0.3) is 16.7 Å². The van der Waals surface area contributed by atoms with E-state index in [1.54, 1.807) is 9.13 Å². The number of hydrogen-bond donors (Lipinski definition) is 0. The summed E-state index contributed by atoms with van der Waals surface area (Å²) in [5.74, 6) is -0.266. The minimum atomic E-state index is -0.266. The van der Waals surface area contributed by atoms with E-state index in [9.17, 15) is 9.59 Å². The van der Waals surface area contributed by atoms with Crippen LogP contribution in [0.5, 0.6) is 0 Å². The van der Waals surface area contributed by atoms with Gasteiger partial charge in [0.15, 0.2) is 0 Å². The van der Waals surface area contributed by atoms with Crippen LogP contribution in [0, 0.1) is 6.92 Å². The molecular weight excluding hydrogens is 328 g/mol. The highest BCUT2D eigenvalue weighted by atomic mass is 16.5. The molecule has 0 fully saturated rings. The first-order valence-electron chi connectivity index (χ1n) is 9.04. The zero-order valence-electron chi connectivity index (χ0n) is 15.3. The van der Waals surface area contributed by atoms with Gasteiger partial charge in [0.05, 0.1) is 29.7 Å². The Hall–Kier alpha value is -2.82. The standard InChI is InChI=1S/C21H24N2O3/c1-3-4-15-26-20(24)13-14-22-18-7-5-6-8-19(18)23(21(22)25)17-11-9-16(2)10-12-17/h5-12H,3-4,13-15H2,1-2H3. The van der Waals surface area contributed by atoms with Crippen molar-refractivity contribution in [2.45, 2.75) is 39.7 Å². The minimum absolute atomic E-state index is 0.142. The smallest absolute Gasteiger partial charge is 0.333 e. The van der Waals surface area contributed by atoms with Crippen LogP contribution in [0.3, 0.4) is 0 Å².